The number of urea groups is 1. The van der Waals surface area contributed by atoms with Crippen LogP contribution in [0.4, 0.5) is 9.18 Å². The van der Waals surface area contributed by atoms with E-state index in [4.69, 9.17) is 4.52 Å². The van der Waals surface area contributed by atoms with E-state index in [9.17, 15) is 9.18 Å². The Hall–Kier alpha value is -3.23. The maximum Gasteiger partial charge on any atom is 0.317 e. The van der Waals surface area contributed by atoms with Crippen LogP contribution in [0.3, 0.4) is 0 Å². The average Bonchev–Trinajstić information content (AvgIpc) is 3.49. The van der Waals surface area contributed by atoms with Crippen LogP contribution in [-0.2, 0) is 20.0 Å². The van der Waals surface area contributed by atoms with Crippen LogP contribution < -0.4 is 5.32 Å². The minimum absolute atomic E-state index is 0.0417. The van der Waals surface area contributed by atoms with Gasteiger partial charge in [-0.2, -0.15) is 10.1 Å². The first-order chi connectivity index (χ1) is 14.6. The Morgan fingerprint density at radius 3 is 2.87 bits per heavy atom. The molecule has 5 rings (SSSR count). The van der Waals surface area contributed by atoms with E-state index in [-0.39, 0.29) is 29.4 Å². The van der Waals surface area contributed by atoms with Gasteiger partial charge in [0.2, 0.25) is 5.82 Å². The highest BCUT2D eigenvalue weighted by Crippen LogP contribution is 2.31. The Morgan fingerprint density at radius 1 is 1.27 bits per heavy atom. The summed E-state index contributed by atoms with van der Waals surface area (Å²) in [5.74, 6) is -0.0139. The quantitative estimate of drug-likeness (QED) is 0.716. The lowest BCUT2D eigenvalue weighted by molar-refractivity contribution is 0.188. The Labute approximate surface area is 173 Å². The third kappa shape index (κ3) is 3.34. The van der Waals surface area contributed by atoms with Crippen LogP contribution in [0.5, 0.6) is 0 Å². The molecule has 3 aromatic rings. The molecule has 2 aromatic heterocycles. The minimum atomic E-state index is -0.414. The highest BCUT2D eigenvalue weighted by Gasteiger charge is 2.30. The van der Waals surface area contributed by atoms with Gasteiger partial charge in [0.1, 0.15) is 5.82 Å². The lowest BCUT2D eigenvalue weighted by Crippen LogP contribution is -2.46. The maximum atomic E-state index is 14.1. The zero-order valence-corrected chi connectivity index (χ0v) is 16.8. The maximum absolute atomic E-state index is 14.1. The van der Waals surface area contributed by atoms with Crippen LogP contribution in [-0.4, -0.2) is 43.4 Å². The zero-order valence-electron chi connectivity index (χ0n) is 16.8. The summed E-state index contributed by atoms with van der Waals surface area (Å²) in [6.07, 6.45) is 5.13. The molecule has 3 heterocycles. The normalized spacial score (nSPS) is 16.7. The number of carbonyl (C=O) groups is 1. The second-order valence-electron chi connectivity index (χ2n) is 7.90. The van der Waals surface area contributed by atoms with Crippen molar-refractivity contribution in [1.29, 1.82) is 0 Å². The van der Waals surface area contributed by atoms with Crippen LogP contribution >= 0.6 is 0 Å². The SMILES string of the molecule is Cn1nc(-c2nc(-c3ccccc3F)no2)c2c1CCN(C(=O)NC1CCCC1)C2. The molecular weight excluding hydrogens is 387 g/mol. The Balaban J connectivity index is 1.41. The molecule has 1 fully saturated rings. The van der Waals surface area contributed by atoms with Crippen molar-refractivity contribution in [1.82, 2.24) is 30.1 Å². The fraction of sp³-hybridized carbons (Fsp3) is 0.429. The summed E-state index contributed by atoms with van der Waals surface area (Å²) >= 11 is 0. The summed E-state index contributed by atoms with van der Waals surface area (Å²) in [5, 5.41) is 11.6. The lowest BCUT2D eigenvalue weighted by atomic mass is 10.1. The van der Waals surface area contributed by atoms with Crippen molar-refractivity contribution in [2.24, 2.45) is 7.05 Å². The van der Waals surface area contributed by atoms with E-state index in [1.807, 2.05) is 7.05 Å². The molecule has 1 aliphatic carbocycles. The molecule has 2 aliphatic rings. The molecular formula is C21H23FN6O2. The van der Waals surface area contributed by atoms with Gasteiger partial charge in [0.15, 0.2) is 5.69 Å². The van der Waals surface area contributed by atoms with Gasteiger partial charge in [0.25, 0.3) is 5.89 Å². The number of hydrogen-bond acceptors (Lipinski definition) is 5. The molecule has 156 valence electrons. The third-order valence-electron chi connectivity index (χ3n) is 5.96. The number of fused-ring (bicyclic) bond motifs is 1. The van der Waals surface area contributed by atoms with E-state index < -0.39 is 5.82 Å². The standard InChI is InChI=1S/C21H23FN6O2/c1-27-17-10-11-28(21(29)23-13-6-2-3-7-13)12-15(17)18(25-27)20-24-19(26-30-20)14-8-4-5-9-16(14)22/h4-5,8-9,13H,2-3,6-7,10-12H2,1H3,(H,23,29). The number of benzene rings is 1. The first kappa shape index (κ1) is 18.8. The molecule has 0 saturated heterocycles. The molecule has 2 amide bonds. The van der Waals surface area contributed by atoms with E-state index in [0.29, 0.717) is 25.2 Å². The number of aromatic nitrogens is 4. The fourth-order valence-corrected chi connectivity index (χ4v) is 4.35. The zero-order chi connectivity index (χ0) is 20.7. The first-order valence-corrected chi connectivity index (χ1v) is 10.3. The van der Waals surface area contributed by atoms with Gasteiger partial charge in [-0.1, -0.05) is 30.1 Å². The summed E-state index contributed by atoms with van der Waals surface area (Å²) in [7, 11) is 1.87. The van der Waals surface area contributed by atoms with Crippen molar-refractivity contribution in [2.75, 3.05) is 6.54 Å². The molecule has 8 nitrogen and oxygen atoms in total. The molecule has 0 spiro atoms. The predicted molar refractivity (Wildman–Crippen MR) is 107 cm³/mol. The van der Waals surface area contributed by atoms with Crippen LogP contribution in [0.25, 0.3) is 23.0 Å². The van der Waals surface area contributed by atoms with Gasteiger partial charge in [-0.3, -0.25) is 4.68 Å². The number of nitrogens with one attached hydrogen (secondary N) is 1. The van der Waals surface area contributed by atoms with Gasteiger partial charge in [0, 0.05) is 37.3 Å². The average molecular weight is 410 g/mol. The van der Waals surface area contributed by atoms with Gasteiger partial charge >= 0.3 is 6.03 Å². The molecule has 30 heavy (non-hydrogen) atoms. The van der Waals surface area contributed by atoms with Crippen molar-refractivity contribution in [2.45, 2.75) is 44.7 Å². The van der Waals surface area contributed by atoms with Gasteiger partial charge in [-0.05, 0) is 25.0 Å². The molecule has 0 atom stereocenters. The van der Waals surface area contributed by atoms with E-state index in [1.54, 1.807) is 27.8 Å². The molecule has 0 unspecified atom stereocenters. The van der Waals surface area contributed by atoms with Crippen molar-refractivity contribution in [3.63, 3.8) is 0 Å². The molecule has 1 aliphatic heterocycles. The summed E-state index contributed by atoms with van der Waals surface area (Å²) in [5.41, 5.74) is 2.76. The molecule has 0 bridgehead atoms. The highest BCUT2D eigenvalue weighted by molar-refractivity contribution is 5.75. The van der Waals surface area contributed by atoms with Crippen LogP contribution in [0.1, 0.15) is 36.9 Å². The van der Waals surface area contributed by atoms with E-state index in [2.05, 4.69) is 20.6 Å². The summed E-state index contributed by atoms with van der Waals surface area (Å²) in [6.45, 7) is 1.06. The summed E-state index contributed by atoms with van der Waals surface area (Å²) in [4.78, 5) is 18.9. The number of aryl methyl sites for hydroxylation is 1. The number of rotatable bonds is 3. The van der Waals surface area contributed by atoms with E-state index >= 15 is 0 Å². The highest BCUT2D eigenvalue weighted by atomic mass is 19.1. The van der Waals surface area contributed by atoms with Crippen molar-refractivity contribution in [3.05, 3.63) is 41.3 Å². The topological polar surface area (TPSA) is 89.1 Å². The Morgan fingerprint density at radius 2 is 2.07 bits per heavy atom. The van der Waals surface area contributed by atoms with E-state index in [0.717, 1.165) is 24.1 Å². The van der Waals surface area contributed by atoms with Crippen LogP contribution in [0.2, 0.25) is 0 Å². The van der Waals surface area contributed by atoms with Gasteiger partial charge < -0.3 is 14.7 Å². The number of nitrogens with zero attached hydrogens (tertiary/aromatic N) is 5. The number of amides is 2. The molecule has 1 N–H and O–H groups in total. The smallest absolute Gasteiger partial charge is 0.317 e. The molecule has 9 heteroatoms. The summed E-state index contributed by atoms with van der Waals surface area (Å²) < 4.78 is 21.3. The Kier molecular flexibility index (Phi) is 4.72. The van der Waals surface area contributed by atoms with E-state index in [1.165, 1.54) is 18.9 Å². The lowest BCUT2D eigenvalue weighted by Gasteiger charge is -2.29. The predicted octanol–water partition coefficient (Wildman–Crippen LogP) is 3.29. The van der Waals surface area contributed by atoms with Gasteiger partial charge in [-0.15, -0.1) is 0 Å². The first-order valence-electron chi connectivity index (χ1n) is 10.3. The second kappa shape index (κ2) is 7.55. The van der Waals surface area contributed by atoms with Crippen LogP contribution in [0, 0.1) is 5.82 Å². The summed E-state index contributed by atoms with van der Waals surface area (Å²) in [6, 6.07) is 6.52. The fourth-order valence-electron chi connectivity index (χ4n) is 4.35. The largest absolute Gasteiger partial charge is 0.335 e. The molecule has 1 aromatic carbocycles. The third-order valence-corrected chi connectivity index (χ3v) is 5.96. The number of halogens is 1. The monoisotopic (exact) mass is 410 g/mol. The molecule has 0 radical (unpaired) electrons. The van der Waals surface area contributed by atoms with Crippen molar-refractivity contribution in [3.8, 4) is 23.0 Å². The number of hydrogen-bond donors (Lipinski definition) is 1. The van der Waals surface area contributed by atoms with Gasteiger partial charge in [-0.25, -0.2) is 9.18 Å². The second-order valence-corrected chi connectivity index (χ2v) is 7.90. The molecule has 1 saturated carbocycles. The van der Waals surface area contributed by atoms with Gasteiger partial charge in [0.05, 0.1) is 12.1 Å². The number of carbonyl (C=O) groups excluding carboxylic acids is 1. The minimum Gasteiger partial charge on any atom is -0.335 e. The van der Waals surface area contributed by atoms with Crippen molar-refractivity contribution < 1.29 is 13.7 Å². The van der Waals surface area contributed by atoms with Crippen molar-refractivity contribution >= 4 is 6.03 Å². The Bertz CT molecular complexity index is 1090. The van der Waals surface area contributed by atoms with Crippen LogP contribution in [0.15, 0.2) is 28.8 Å².